The minimum atomic E-state index is -0.274. The van der Waals surface area contributed by atoms with Gasteiger partial charge in [0, 0.05) is 30.8 Å². The summed E-state index contributed by atoms with van der Waals surface area (Å²) in [6.07, 6.45) is 1.64. The van der Waals surface area contributed by atoms with Crippen molar-refractivity contribution >= 4 is 22.7 Å². The van der Waals surface area contributed by atoms with Crippen molar-refractivity contribution in [2.24, 2.45) is 0 Å². The van der Waals surface area contributed by atoms with Crippen LogP contribution in [0.5, 0.6) is 0 Å². The Morgan fingerprint density at radius 1 is 1.25 bits per heavy atom. The van der Waals surface area contributed by atoms with Crippen LogP contribution in [0.2, 0.25) is 0 Å². The second-order valence-electron chi connectivity index (χ2n) is 4.27. The van der Waals surface area contributed by atoms with Gasteiger partial charge in [0.15, 0.2) is 0 Å². The highest BCUT2D eigenvalue weighted by Crippen LogP contribution is 2.17. The number of aromatic amines is 1. The number of benzene rings is 1. The molecule has 6 nitrogen and oxygen atoms in total. The number of hydrogen-bond acceptors (Lipinski definition) is 3. The molecule has 106 valence electrons. The predicted octanol–water partition coefficient (Wildman–Crippen LogP) is 0.660. The summed E-state index contributed by atoms with van der Waals surface area (Å²) in [6.45, 7) is 0.822. The first-order valence-corrected chi connectivity index (χ1v) is 6.32. The Kier molecular flexibility index (Phi) is 4.73. The van der Waals surface area contributed by atoms with Crippen molar-refractivity contribution < 1.29 is 14.3 Å². The lowest BCUT2D eigenvalue weighted by atomic mass is 10.1. The second-order valence-corrected chi connectivity index (χ2v) is 4.27. The summed E-state index contributed by atoms with van der Waals surface area (Å²) in [5.41, 5.74) is 1.42. The maximum absolute atomic E-state index is 12.0. The van der Waals surface area contributed by atoms with Crippen molar-refractivity contribution in [1.29, 1.82) is 0 Å². The molecule has 1 aromatic carbocycles. The number of H-pyrrole nitrogens is 1. The molecule has 0 atom stereocenters. The van der Waals surface area contributed by atoms with E-state index in [2.05, 4.69) is 15.6 Å². The van der Waals surface area contributed by atoms with Crippen LogP contribution in [0.15, 0.2) is 30.5 Å². The van der Waals surface area contributed by atoms with Crippen LogP contribution in [0, 0.1) is 0 Å². The Hall–Kier alpha value is -2.34. The smallest absolute Gasteiger partial charge is 0.253 e. The Morgan fingerprint density at radius 2 is 2.05 bits per heavy atom. The number of carbonyl (C=O) groups excluding carboxylic acids is 2. The van der Waals surface area contributed by atoms with Gasteiger partial charge in [-0.05, 0) is 6.07 Å². The van der Waals surface area contributed by atoms with E-state index in [1.54, 1.807) is 13.3 Å². The van der Waals surface area contributed by atoms with Crippen molar-refractivity contribution in [3.63, 3.8) is 0 Å². The lowest BCUT2D eigenvalue weighted by Gasteiger charge is -2.06. The lowest BCUT2D eigenvalue weighted by molar-refractivity contribution is -0.120. The molecule has 20 heavy (non-hydrogen) atoms. The standard InChI is InChI=1S/C14H17N3O3/c1-20-7-6-15-13(18)9-17-14(19)11-8-16-12-5-3-2-4-10(11)12/h2-5,8,16H,6-7,9H2,1H3,(H,15,18)(H,17,19). The summed E-state index contributed by atoms with van der Waals surface area (Å²) in [5.74, 6) is -0.514. The van der Waals surface area contributed by atoms with Gasteiger partial charge in [-0.2, -0.15) is 0 Å². The zero-order chi connectivity index (χ0) is 14.4. The number of hydrogen-bond donors (Lipinski definition) is 3. The fourth-order valence-electron chi connectivity index (χ4n) is 1.87. The third-order valence-corrected chi connectivity index (χ3v) is 2.87. The van der Waals surface area contributed by atoms with Gasteiger partial charge in [-0.15, -0.1) is 0 Å². The molecule has 1 aromatic heterocycles. The van der Waals surface area contributed by atoms with E-state index in [9.17, 15) is 9.59 Å². The molecule has 0 aliphatic carbocycles. The molecule has 0 spiro atoms. The minimum absolute atomic E-state index is 0.0535. The normalized spacial score (nSPS) is 10.4. The summed E-state index contributed by atoms with van der Waals surface area (Å²) in [5, 5.41) is 6.06. The van der Waals surface area contributed by atoms with E-state index >= 15 is 0 Å². The summed E-state index contributed by atoms with van der Waals surface area (Å²) >= 11 is 0. The number of amides is 2. The van der Waals surface area contributed by atoms with Crippen LogP contribution in [0.3, 0.4) is 0 Å². The van der Waals surface area contributed by atoms with E-state index in [4.69, 9.17) is 4.74 Å². The van der Waals surface area contributed by atoms with E-state index in [0.717, 1.165) is 10.9 Å². The Labute approximate surface area is 116 Å². The Bertz CT molecular complexity index is 606. The average Bonchev–Trinajstić information content (AvgIpc) is 2.89. The molecule has 2 rings (SSSR count). The number of ether oxygens (including phenoxy) is 1. The highest BCUT2D eigenvalue weighted by atomic mass is 16.5. The maximum Gasteiger partial charge on any atom is 0.253 e. The van der Waals surface area contributed by atoms with E-state index in [-0.39, 0.29) is 18.4 Å². The van der Waals surface area contributed by atoms with Gasteiger partial charge in [0.05, 0.1) is 18.7 Å². The molecule has 0 radical (unpaired) electrons. The largest absolute Gasteiger partial charge is 0.383 e. The molecule has 0 aliphatic rings. The molecule has 1 heterocycles. The predicted molar refractivity (Wildman–Crippen MR) is 75.5 cm³/mol. The van der Waals surface area contributed by atoms with Crippen LogP contribution >= 0.6 is 0 Å². The maximum atomic E-state index is 12.0. The number of para-hydroxylation sites is 1. The number of carbonyl (C=O) groups is 2. The number of fused-ring (bicyclic) bond motifs is 1. The lowest BCUT2D eigenvalue weighted by Crippen LogP contribution is -2.38. The summed E-state index contributed by atoms with van der Waals surface area (Å²) in [7, 11) is 1.56. The number of nitrogens with one attached hydrogen (secondary N) is 3. The van der Waals surface area contributed by atoms with Crippen molar-refractivity contribution in [3.05, 3.63) is 36.0 Å². The zero-order valence-electron chi connectivity index (χ0n) is 11.2. The van der Waals surface area contributed by atoms with E-state index in [0.29, 0.717) is 18.7 Å². The van der Waals surface area contributed by atoms with Gasteiger partial charge < -0.3 is 20.4 Å². The molecular weight excluding hydrogens is 258 g/mol. The number of aromatic nitrogens is 1. The fraction of sp³-hybridized carbons (Fsp3) is 0.286. The van der Waals surface area contributed by atoms with Crippen LogP contribution in [0.25, 0.3) is 10.9 Å². The molecule has 0 fully saturated rings. The SMILES string of the molecule is COCCNC(=O)CNC(=O)c1c[nH]c2ccccc12. The zero-order valence-corrected chi connectivity index (χ0v) is 11.2. The molecule has 0 aliphatic heterocycles. The van der Waals surface area contributed by atoms with E-state index in [1.807, 2.05) is 24.3 Å². The molecule has 6 heteroatoms. The second kappa shape index (κ2) is 6.72. The third kappa shape index (κ3) is 3.36. The fourth-order valence-corrected chi connectivity index (χ4v) is 1.87. The highest BCUT2D eigenvalue weighted by molar-refractivity contribution is 6.07. The van der Waals surface area contributed by atoms with Crippen LogP contribution in [0.4, 0.5) is 0 Å². The van der Waals surface area contributed by atoms with Crippen molar-refractivity contribution in [2.75, 3.05) is 26.8 Å². The molecule has 2 aromatic rings. The highest BCUT2D eigenvalue weighted by Gasteiger charge is 2.12. The van der Waals surface area contributed by atoms with Crippen molar-refractivity contribution in [2.45, 2.75) is 0 Å². The van der Waals surface area contributed by atoms with Gasteiger partial charge in [-0.1, -0.05) is 18.2 Å². The van der Waals surface area contributed by atoms with Gasteiger partial charge in [-0.3, -0.25) is 9.59 Å². The number of methoxy groups -OCH3 is 1. The molecule has 0 bridgehead atoms. The first-order valence-electron chi connectivity index (χ1n) is 6.32. The van der Waals surface area contributed by atoms with Crippen LogP contribution < -0.4 is 10.6 Å². The van der Waals surface area contributed by atoms with Crippen LogP contribution in [-0.2, 0) is 9.53 Å². The van der Waals surface area contributed by atoms with Crippen LogP contribution in [-0.4, -0.2) is 43.6 Å². The first-order chi connectivity index (χ1) is 9.72. The van der Waals surface area contributed by atoms with Gasteiger partial charge >= 0.3 is 0 Å². The first kappa shape index (κ1) is 14.1. The summed E-state index contributed by atoms with van der Waals surface area (Å²) < 4.78 is 4.82. The molecular formula is C14H17N3O3. The summed E-state index contributed by atoms with van der Waals surface area (Å²) in [6, 6.07) is 7.51. The molecule has 2 amide bonds. The molecule has 0 saturated carbocycles. The van der Waals surface area contributed by atoms with Crippen LogP contribution in [0.1, 0.15) is 10.4 Å². The number of rotatable bonds is 6. The van der Waals surface area contributed by atoms with E-state index < -0.39 is 0 Å². The molecule has 0 unspecified atom stereocenters. The summed E-state index contributed by atoms with van der Waals surface area (Å²) in [4.78, 5) is 26.5. The van der Waals surface area contributed by atoms with Gasteiger partial charge in [0.25, 0.3) is 5.91 Å². The average molecular weight is 275 g/mol. The molecule has 3 N–H and O–H groups in total. The Morgan fingerprint density at radius 3 is 2.85 bits per heavy atom. The minimum Gasteiger partial charge on any atom is -0.383 e. The molecule has 0 saturated heterocycles. The topological polar surface area (TPSA) is 83.2 Å². The Balaban J connectivity index is 1.90. The van der Waals surface area contributed by atoms with Gasteiger partial charge in [-0.25, -0.2) is 0 Å². The van der Waals surface area contributed by atoms with E-state index in [1.165, 1.54) is 0 Å². The quantitative estimate of drug-likeness (QED) is 0.677. The monoisotopic (exact) mass is 275 g/mol. The van der Waals surface area contributed by atoms with Gasteiger partial charge in [0.1, 0.15) is 0 Å². The van der Waals surface area contributed by atoms with Crippen molar-refractivity contribution in [1.82, 2.24) is 15.6 Å². The third-order valence-electron chi connectivity index (χ3n) is 2.87. The van der Waals surface area contributed by atoms with Crippen molar-refractivity contribution in [3.8, 4) is 0 Å². The van der Waals surface area contributed by atoms with Gasteiger partial charge in [0.2, 0.25) is 5.91 Å².